The fourth-order valence-electron chi connectivity index (χ4n) is 2.88. The first-order chi connectivity index (χ1) is 11.9. The van der Waals surface area contributed by atoms with E-state index in [1.165, 1.54) is 12.0 Å². The number of amides is 2. The van der Waals surface area contributed by atoms with E-state index in [1.807, 2.05) is 12.1 Å². The highest BCUT2D eigenvalue weighted by Gasteiger charge is 2.35. The Hall–Kier alpha value is -2.93. The van der Waals surface area contributed by atoms with Crippen LogP contribution in [0.25, 0.3) is 0 Å². The largest absolute Gasteiger partial charge is 0.464 e. The molecule has 1 fully saturated rings. The number of rotatable bonds is 5. The first-order valence-corrected chi connectivity index (χ1v) is 7.73. The molecule has 0 unspecified atom stereocenters. The van der Waals surface area contributed by atoms with Crippen molar-refractivity contribution in [3.05, 3.63) is 59.4 Å². The number of carbonyl (C=O) groups excluding carboxylic acids is 3. The minimum Gasteiger partial charge on any atom is -0.464 e. The molecule has 7 nitrogen and oxygen atoms in total. The Kier molecular flexibility index (Phi) is 4.41. The quantitative estimate of drug-likeness (QED) is 0.639. The summed E-state index contributed by atoms with van der Waals surface area (Å²) in [4.78, 5) is 37.5. The van der Waals surface area contributed by atoms with E-state index in [4.69, 9.17) is 4.74 Å². The van der Waals surface area contributed by atoms with Gasteiger partial charge >= 0.3 is 5.97 Å². The van der Waals surface area contributed by atoms with Gasteiger partial charge in [0, 0.05) is 11.5 Å². The molecule has 7 heteroatoms. The predicted octanol–water partition coefficient (Wildman–Crippen LogP) is 1.07. The van der Waals surface area contributed by atoms with Crippen LogP contribution in [0.3, 0.4) is 0 Å². The summed E-state index contributed by atoms with van der Waals surface area (Å²) in [7, 11) is 1.18. The Morgan fingerprint density at radius 1 is 1.32 bits per heavy atom. The summed E-state index contributed by atoms with van der Waals surface area (Å²) >= 11 is 0. The lowest BCUT2D eigenvalue weighted by atomic mass is 9.91. The van der Waals surface area contributed by atoms with Gasteiger partial charge in [0.2, 0.25) is 0 Å². The number of ether oxygens (including phenoxy) is 2. The Morgan fingerprint density at radius 2 is 2.04 bits per heavy atom. The zero-order chi connectivity index (χ0) is 18.1. The van der Waals surface area contributed by atoms with Crippen molar-refractivity contribution in [2.75, 3.05) is 20.3 Å². The number of hydrogen-bond donors (Lipinski definition) is 1. The van der Waals surface area contributed by atoms with Crippen molar-refractivity contribution in [1.82, 2.24) is 10.2 Å². The van der Waals surface area contributed by atoms with Crippen LogP contribution >= 0.6 is 0 Å². The Bertz CT molecular complexity index is 795. The highest BCUT2D eigenvalue weighted by molar-refractivity contribution is 6.07. The number of esters is 1. The normalized spacial score (nSPS) is 16.0. The van der Waals surface area contributed by atoms with E-state index in [9.17, 15) is 14.4 Å². The molecule has 0 radical (unpaired) electrons. The van der Waals surface area contributed by atoms with Crippen molar-refractivity contribution in [1.29, 1.82) is 0 Å². The van der Waals surface area contributed by atoms with E-state index < -0.39 is 11.9 Å². The third-order valence-corrected chi connectivity index (χ3v) is 4.37. The molecule has 2 aliphatic rings. The maximum absolute atomic E-state index is 12.6. The number of fused-ring (bicyclic) bond motifs is 1. The fraction of sp³-hybridized carbons (Fsp3) is 0.278. The molecule has 0 spiro atoms. The maximum atomic E-state index is 12.6. The fourth-order valence-corrected chi connectivity index (χ4v) is 2.88. The van der Waals surface area contributed by atoms with Gasteiger partial charge in [0.25, 0.3) is 11.8 Å². The van der Waals surface area contributed by atoms with Gasteiger partial charge in [-0.1, -0.05) is 25.3 Å². The summed E-state index contributed by atoms with van der Waals surface area (Å²) in [6.07, 6.45) is 0. The molecule has 1 saturated heterocycles. The molecule has 0 saturated carbocycles. The van der Waals surface area contributed by atoms with Gasteiger partial charge < -0.3 is 14.8 Å². The van der Waals surface area contributed by atoms with Crippen LogP contribution in [0, 0.1) is 0 Å². The molecule has 1 aromatic carbocycles. The monoisotopic (exact) mass is 342 g/mol. The van der Waals surface area contributed by atoms with Crippen molar-refractivity contribution < 1.29 is 23.9 Å². The van der Waals surface area contributed by atoms with Crippen LogP contribution in [0.1, 0.15) is 27.4 Å². The lowest BCUT2D eigenvalue weighted by molar-refractivity contribution is -0.137. The molecule has 1 aromatic rings. The van der Waals surface area contributed by atoms with Gasteiger partial charge in [-0.3, -0.25) is 14.5 Å². The van der Waals surface area contributed by atoms with E-state index in [-0.39, 0.29) is 29.8 Å². The molecule has 1 N–H and O–H groups in total. The van der Waals surface area contributed by atoms with E-state index in [2.05, 4.69) is 23.2 Å². The van der Waals surface area contributed by atoms with Crippen molar-refractivity contribution >= 4 is 17.8 Å². The van der Waals surface area contributed by atoms with Crippen LogP contribution < -0.4 is 5.32 Å². The molecule has 25 heavy (non-hydrogen) atoms. The van der Waals surface area contributed by atoms with Gasteiger partial charge in [0.1, 0.15) is 11.4 Å². The second kappa shape index (κ2) is 6.52. The molecule has 2 heterocycles. The molecule has 0 bridgehead atoms. The second-order valence-electron chi connectivity index (χ2n) is 5.87. The minimum absolute atomic E-state index is 0.0536. The Morgan fingerprint density at radius 3 is 2.64 bits per heavy atom. The summed E-state index contributed by atoms with van der Waals surface area (Å²) in [5.74, 6) is -1.46. The number of methoxy groups -OCH3 is 1. The molecule has 0 aromatic heterocycles. The van der Waals surface area contributed by atoms with E-state index in [1.54, 1.807) is 6.07 Å². The van der Waals surface area contributed by atoms with Crippen LogP contribution in [0.5, 0.6) is 0 Å². The Balaban J connectivity index is 1.77. The highest BCUT2D eigenvalue weighted by atomic mass is 16.5. The SMILES string of the molecule is C=C(NC(=O)C(=C)N1Cc2c(cccc2C2COC2)C1=O)C(=O)OC. The summed E-state index contributed by atoms with van der Waals surface area (Å²) in [5.41, 5.74) is 2.24. The average Bonchev–Trinajstić information content (AvgIpc) is 2.89. The van der Waals surface area contributed by atoms with Gasteiger partial charge in [0.05, 0.1) is 26.9 Å². The smallest absolute Gasteiger partial charge is 0.353 e. The van der Waals surface area contributed by atoms with Crippen LogP contribution in [0.4, 0.5) is 0 Å². The van der Waals surface area contributed by atoms with Gasteiger partial charge in [0.15, 0.2) is 0 Å². The zero-order valence-corrected chi connectivity index (χ0v) is 13.8. The van der Waals surface area contributed by atoms with Gasteiger partial charge in [-0.25, -0.2) is 4.79 Å². The topological polar surface area (TPSA) is 84.9 Å². The van der Waals surface area contributed by atoms with Crippen LogP contribution in [0.15, 0.2) is 42.8 Å². The highest BCUT2D eigenvalue weighted by Crippen LogP contribution is 2.34. The summed E-state index contributed by atoms with van der Waals surface area (Å²) in [6.45, 7) is 8.64. The van der Waals surface area contributed by atoms with Crippen molar-refractivity contribution in [3.63, 3.8) is 0 Å². The summed E-state index contributed by atoms with van der Waals surface area (Å²) in [5, 5.41) is 2.29. The average molecular weight is 342 g/mol. The maximum Gasteiger partial charge on any atom is 0.353 e. The summed E-state index contributed by atoms with van der Waals surface area (Å²) in [6, 6.07) is 5.54. The van der Waals surface area contributed by atoms with Crippen molar-refractivity contribution in [3.8, 4) is 0 Å². The zero-order valence-electron chi connectivity index (χ0n) is 13.8. The van der Waals surface area contributed by atoms with Crippen LogP contribution in [-0.2, 0) is 25.6 Å². The van der Waals surface area contributed by atoms with E-state index >= 15 is 0 Å². The Labute approximate surface area is 144 Å². The first kappa shape index (κ1) is 16.9. The molecule has 0 atom stereocenters. The number of nitrogens with zero attached hydrogens (tertiary/aromatic N) is 1. The number of hydrogen-bond acceptors (Lipinski definition) is 5. The third-order valence-electron chi connectivity index (χ3n) is 4.37. The minimum atomic E-state index is -0.760. The molecule has 130 valence electrons. The van der Waals surface area contributed by atoms with Gasteiger partial charge in [-0.15, -0.1) is 0 Å². The molecule has 2 aliphatic heterocycles. The second-order valence-corrected chi connectivity index (χ2v) is 5.87. The number of carbonyl (C=O) groups is 3. The lowest BCUT2D eigenvalue weighted by Gasteiger charge is -2.28. The first-order valence-electron chi connectivity index (χ1n) is 7.73. The predicted molar refractivity (Wildman–Crippen MR) is 88.3 cm³/mol. The van der Waals surface area contributed by atoms with Crippen molar-refractivity contribution in [2.24, 2.45) is 0 Å². The van der Waals surface area contributed by atoms with E-state index in [0.717, 1.165) is 11.1 Å². The standard InChI is InChI=1S/C18H18N2O5/c1-10(18(23)24-3)19-16(21)11(2)20-7-15-13(12-8-25-9-12)5-4-6-14(15)17(20)22/h4-6,12H,1-2,7-9H2,3H3,(H,19,21). The number of benzene rings is 1. The molecular formula is C18H18N2O5. The van der Waals surface area contributed by atoms with E-state index in [0.29, 0.717) is 18.8 Å². The van der Waals surface area contributed by atoms with Crippen LogP contribution in [-0.4, -0.2) is 43.0 Å². The van der Waals surface area contributed by atoms with Crippen LogP contribution in [0.2, 0.25) is 0 Å². The molecular weight excluding hydrogens is 324 g/mol. The lowest BCUT2D eigenvalue weighted by Crippen LogP contribution is -2.36. The van der Waals surface area contributed by atoms with Gasteiger partial charge in [-0.2, -0.15) is 0 Å². The van der Waals surface area contributed by atoms with Gasteiger partial charge in [-0.05, 0) is 17.2 Å². The molecule has 3 rings (SSSR count). The molecule has 2 amide bonds. The number of nitrogens with one attached hydrogen (secondary N) is 1. The molecule has 0 aliphatic carbocycles. The summed E-state index contributed by atoms with van der Waals surface area (Å²) < 4.78 is 9.71. The third kappa shape index (κ3) is 2.94. The van der Waals surface area contributed by atoms with Crippen molar-refractivity contribution in [2.45, 2.75) is 12.5 Å².